The number of carbonyl (C=O) groups excluding carboxylic acids is 1. The number of anilines is 1. The van der Waals surface area contributed by atoms with E-state index < -0.39 is 0 Å². The Morgan fingerprint density at radius 2 is 1.71 bits per heavy atom. The number of rotatable bonds is 5. The minimum Gasteiger partial charge on any atom is -0.368 e. The van der Waals surface area contributed by atoms with E-state index in [4.69, 9.17) is 0 Å². The molecule has 0 bridgehead atoms. The van der Waals surface area contributed by atoms with Gasteiger partial charge in [-0.15, -0.1) is 10.2 Å². The van der Waals surface area contributed by atoms with Gasteiger partial charge in [0.1, 0.15) is 6.54 Å². The lowest BCUT2D eigenvalue weighted by molar-refractivity contribution is -0.132. The number of tetrazole rings is 1. The molecule has 2 heterocycles. The Bertz CT molecular complexity index is 1050. The fourth-order valence-corrected chi connectivity index (χ4v) is 3.94. The summed E-state index contributed by atoms with van der Waals surface area (Å²) in [5, 5.41) is 12.6. The summed E-state index contributed by atoms with van der Waals surface area (Å²) in [6, 6.07) is 14.6. The van der Waals surface area contributed by atoms with Gasteiger partial charge in [0.05, 0.1) is 0 Å². The molecule has 1 aliphatic rings. The van der Waals surface area contributed by atoms with Crippen LogP contribution in [-0.2, 0) is 11.3 Å². The second-order valence-electron chi connectivity index (χ2n) is 8.51. The van der Waals surface area contributed by atoms with Gasteiger partial charge in [0.15, 0.2) is 0 Å². The van der Waals surface area contributed by atoms with Gasteiger partial charge in [0, 0.05) is 37.4 Å². The molecule has 7 heteroatoms. The average Bonchev–Trinajstić information content (AvgIpc) is 3.24. The van der Waals surface area contributed by atoms with Gasteiger partial charge in [-0.3, -0.25) is 4.79 Å². The van der Waals surface area contributed by atoms with E-state index >= 15 is 0 Å². The van der Waals surface area contributed by atoms with Gasteiger partial charge in [0.2, 0.25) is 11.7 Å². The van der Waals surface area contributed by atoms with Crippen LogP contribution in [0.4, 0.5) is 5.69 Å². The van der Waals surface area contributed by atoms with E-state index in [1.54, 1.807) is 0 Å². The molecule has 0 spiro atoms. The van der Waals surface area contributed by atoms with Gasteiger partial charge in [-0.05, 0) is 47.7 Å². The zero-order valence-electron chi connectivity index (χ0n) is 18.7. The first-order valence-corrected chi connectivity index (χ1v) is 10.9. The molecule has 1 aromatic heterocycles. The van der Waals surface area contributed by atoms with Crippen LogP contribution in [0, 0.1) is 13.8 Å². The normalized spacial score (nSPS) is 14.4. The van der Waals surface area contributed by atoms with Crippen molar-refractivity contribution in [2.75, 3.05) is 31.1 Å². The number of aromatic nitrogens is 4. The lowest BCUT2D eigenvalue weighted by atomic mass is 10.0. The molecule has 0 atom stereocenters. The third-order valence-corrected chi connectivity index (χ3v) is 6.11. The number of piperazine rings is 1. The highest BCUT2D eigenvalue weighted by Crippen LogP contribution is 2.24. The summed E-state index contributed by atoms with van der Waals surface area (Å²) in [6.45, 7) is 11.8. The Kier molecular flexibility index (Phi) is 6.02. The monoisotopic (exact) mass is 418 g/mol. The minimum absolute atomic E-state index is 0.0275. The molecule has 4 rings (SSSR count). The lowest BCUT2D eigenvalue weighted by Crippen LogP contribution is -2.50. The van der Waals surface area contributed by atoms with Crippen molar-refractivity contribution in [1.82, 2.24) is 25.1 Å². The van der Waals surface area contributed by atoms with Gasteiger partial charge in [-0.25, -0.2) is 0 Å². The average molecular weight is 419 g/mol. The van der Waals surface area contributed by atoms with Crippen LogP contribution < -0.4 is 4.90 Å². The zero-order valence-corrected chi connectivity index (χ0v) is 18.7. The number of nitrogens with zero attached hydrogens (tertiary/aromatic N) is 6. The van der Waals surface area contributed by atoms with Crippen LogP contribution in [0.15, 0.2) is 42.5 Å². The maximum absolute atomic E-state index is 12.8. The molecule has 1 saturated heterocycles. The van der Waals surface area contributed by atoms with Crippen LogP contribution in [-0.4, -0.2) is 57.2 Å². The van der Waals surface area contributed by atoms with Crippen molar-refractivity contribution in [2.45, 2.75) is 40.2 Å². The summed E-state index contributed by atoms with van der Waals surface area (Å²) in [5.74, 6) is 1.05. The van der Waals surface area contributed by atoms with Crippen LogP contribution in [0.3, 0.4) is 0 Å². The molecule has 162 valence electrons. The van der Waals surface area contributed by atoms with Crippen molar-refractivity contribution in [3.8, 4) is 11.4 Å². The first kappa shape index (κ1) is 21.0. The Morgan fingerprint density at radius 3 is 2.39 bits per heavy atom. The third-order valence-electron chi connectivity index (χ3n) is 6.11. The van der Waals surface area contributed by atoms with Gasteiger partial charge in [-0.2, -0.15) is 4.80 Å². The van der Waals surface area contributed by atoms with Gasteiger partial charge >= 0.3 is 0 Å². The smallest absolute Gasteiger partial charge is 0.246 e. The van der Waals surface area contributed by atoms with Crippen molar-refractivity contribution < 1.29 is 4.79 Å². The number of benzene rings is 2. The Labute approximate surface area is 183 Å². The first-order chi connectivity index (χ1) is 14.9. The summed E-state index contributed by atoms with van der Waals surface area (Å²) >= 11 is 0. The van der Waals surface area contributed by atoms with Gasteiger partial charge in [-0.1, -0.05) is 50.2 Å². The standard InChI is InChI=1S/C24H30N6O/c1-17(2)20-8-10-21(11-9-20)24-25-27-30(26-24)16-23(31)29-14-12-28(13-15-29)22-7-5-6-18(3)19(22)4/h5-11,17H,12-16H2,1-4H3. The molecule has 3 aromatic rings. The van der Waals surface area contributed by atoms with E-state index in [0.29, 0.717) is 24.8 Å². The van der Waals surface area contributed by atoms with Gasteiger partial charge < -0.3 is 9.80 Å². The van der Waals surface area contributed by atoms with E-state index in [-0.39, 0.29) is 12.5 Å². The summed E-state index contributed by atoms with van der Waals surface area (Å²) in [6.07, 6.45) is 0. The Morgan fingerprint density at radius 1 is 1.00 bits per heavy atom. The SMILES string of the molecule is Cc1cccc(N2CCN(C(=O)Cn3nnc(-c4ccc(C(C)C)cc4)n3)CC2)c1C. The quantitative estimate of drug-likeness (QED) is 0.635. The first-order valence-electron chi connectivity index (χ1n) is 10.9. The van der Waals surface area contributed by atoms with Crippen molar-refractivity contribution in [2.24, 2.45) is 0 Å². The number of aryl methyl sites for hydroxylation is 1. The predicted octanol–water partition coefficient (Wildman–Crippen LogP) is 3.43. The maximum atomic E-state index is 12.8. The minimum atomic E-state index is 0.0275. The number of amides is 1. The molecule has 7 nitrogen and oxygen atoms in total. The molecule has 0 unspecified atom stereocenters. The molecule has 1 fully saturated rings. The molecule has 1 amide bonds. The third kappa shape index (κ3) is 4.60. The predicted molar refractivity (Wildman–Crippen MR) is 122 cm³/mol. The fourth-order valence-electron chi connectivity index (χ4n) is 3.94. The van der Waals surface area contributed by atoms with Crippen LogP contribution in [0.25, 0.3) is 11.4 Å². The molecular weight excluding hydrogens is 388 g/mol. The summed E-state index contributed by atoms with van der Waals surface area (Å²) in [4.78, 5) is 18.4. The summed E-state index contributed by atoms with van der Waals surface area (Å²) in [7, 11) is 0. The van der Waals surface area contributed by atoms with Crippen LogP contribution in [0.2, 0.25) is 0 Å². The number of hydrogen-bond acceptors (Lipinski definition) is 5. The maximum Gasteiger partial charge on any atom is 0.246 e. The van der Waals surface area contributed by atoms with Crippen molar-refractivity contribution in [3.63, 3.8) is 0 Å². The highest BCUT2D eigenvalue weighted by atomic mass is 16.2. The van der Waals surface area contributed by atoms with E-state index in [1.807, 2.05) is 17.0 Å². The largest absolute Gasteiger partial charge is 0.368 e. The highest BCUT2D eigenvalue weighted by Gasteiger charge is 2.23. The molecular formula is C24H30N6O. The van der Waals surface area contributed by atoms with Gasteiger partial charge in [0.25, 0.3) is 0 Å². The summed E-state index contributed by atoms with van der Waals surface area (Å²) < 4.78 is 0. The van der Waals surface area contributed by atoms with Crippen LogP contribution >= 0.6 is 0 Å². The Balaban J connectivity index is 1.35. The molecule has 0 N–H and O–H groups in total. The number of hydrogen-bond donors (Lipinski definition) is 0. The zero-order chi connectivity index (χ0) is 22.0. The van der Waals surface area contributed by atoms with E-state index in [0.717, 1.165) is 18.7 Å². The molecule has 31 heavy (non-hydrogen) atoms. The van der Waals surface area contributed by atoms with Crippen LogP contribution in [0.5, 0.6) is 0 Å². The van der Waals surface area contributed by atoms with Crippen molar-refractivity contribution in [1.29, 1.82) is 0 Å². The molecule has 2 aromatic carbocycles. The van der Waals surface area contributed by atoms with Crippen molar-refractivity contribution >= 4 is 11.6 Å². The molecule has 0 saturated carbocycles. The van der Waals surface area contributed by atoms with Crippen LogP contribution in [0.1, 0.15) is 36.5 Å². The molecule has 0 radical (unpaired) electrons. The van der Waals surface area contributed by atoms with Crippen molar-refractivity contribution in [3.05, 3.63) is 59.2 Å². The number of carbonyl (C=O) groups is 1. The Hall–Kier alpha value is -3.22. The second-order valence-corrected chi connectivity index (χ2v) is 8.51. The fraction of sp³-hybridized carbons (Fsp3) is 0.417. The highest BCUT2D eigenvalue weighted by molar-refractivity contribution is 5.76. The summed E-state index contributed by atoms with van der Waals surface area (Å²) in [5.41, 5.74) is 6.04. The lowest BCUT2D eigenvalue weighted by Gasteiger charge is -2.37. The molecule has 1 aliphatic heterocycles. The molecule has 0 aliphatic carbocycles. The second kappa shape index (κ2) is 8.88. The van der Waals surface area contributed by atoms with E-state index in [2.05, 4.69) is 78.3 Å². The van der Waals surface area contributed by atoms with E-state index in [1.165, 1.54) is 27.2 Å². The van der Waals surface area contributed by atoms with E-state index in [9.17, 15) is 4.79 Å². The topological polar surface area (TPSA) is 67.2 Å².